The van der Waals surface area contributed by atoms with Crippen LogP contribution in [-0.2, 0) is 4.79 Å². The van der Waals surface area contributed by atoms with Crippen molar-refractivity contribution in [1.82, 2.24) is 14.7 Å². The second-order valence-electron chi connectivity index (χ2n) is 6.48. The first-order valence-electron chi connectivity index (χ1n) is 8.38. The lowest BCUT2D eigenvalue weighted by atomic mass is 10.0. The molecule has 0 radical (unpaired) electrons. The van der Waals surface area contributed by atoms with Gasteiger partial charge in [-0.3, -0.25) is 9.48 Å². The van der Waals surface area contributed by atoms with Crippen LogP contribution in [0.2, 0.25) is 0 Å². The normalized spacial score (nSPS) is 17.5. The van der Waals surface area contributed by atoms with Crippen LogP contribution in [0.4, 0.5) is 0 Å². The fraction of sp³-hybridized carbons (Fsp3) is 0.765. The highest BCUT2D eigenvalue weighted by atomic mass is 16.1. The number of likely N-dealkylation sites (tertiary alicyclic amines) is 1. The summed E-state index contributed by atoms with van der Waals surface area (Å²) >= 11 is 0. The largest absolute Gasteiger partial charge is 0.303 e. The quantitative estimate of drug-likeness (QED) is 0.772. The molecule has 2 heterocycles. The maximum atomic E-state index is 11.3. The predicted octanol–water partition coefficient (Wildman–Crippen LogP) is 3.40. The number of aromatic nitrogens is 2. The van der Waals surface area contributed by atoms with Gasteiger partial charge in [0.25, 0.3) is 0 Å². The van der Waals surface area contributed by atoms with E-state index in [-0.39, 0.29) is 0 Å². The average Bonchev–Trinajstić information content (AvgIpc) is 2.98. The summed E-state index contributed by atoms with van der Waals surface area (Å²) in [6, 6.07) is 0.547. The highest BCUT2D eigenvalue weighted by molar-refractivity contribution is 5.77. The molecular formula is C17H29N3O. The zero-order valence-electron chi connectivity index (χ0n) is 13.7. The van der Waals surface area contributed by atoms with Crippen LogP contribution in [0.25, 0.3) is 0 Å². The van der Waals surface area contributed by atoms with Gasteiger partial charge in [0.05, 0.1) is 12.2 Å². The lowest BCUT2D eigenvalue weighted by Gasteiger charge is -2.32. The molecule has 1 aliphatic rings. The van der Waals surface area contributed by atoms with Crippen LogP contribution in [0.5, 0.6) is 0 Å². The van der Waals surface area contributed by atoms with Gasteiger partial charge >= 0.3 is 0 Å². The van der Waals surface area contributed by atoms with Gasteiger partial charge in [0.15, 0.2) is 0 Å². The molecule has 21 heavy (non-hydrogen) atoms. The molecule has 1 aromatic rings. The van der Waals surface area contributed by atoms with E-state index < -0.39 is 0 Å². The molecule has 0 aliphatic carbocycles. The topological polar surface area (TPSA) is 38.1 Å². The number of nitrogens with zero attached hydrogens (tertiary/aromatic N) is 3. The van der Waals surface area contributed by atoms with Gasteiger partial charge < -0.3 is 4.90 Å². The molecule has 0 atom stereocenters. The van der Waals surface area contributed by atoms with Crippen molar-refractivity contribution >= 4 is 5.78 Å². The summed E-state index contributed by atoms with van der Waals surface area (Å²) in [5.74, 6) is 0.942. The smallest absolute Gasteiger partial charge is 0.132 e. The van der Waals surface area contributed by atoms with Crippen molar-refractivity contribution in [3.05, 3.63) is 18.0 Å². The van der Waals surface area contributed by atoms with Gasteiger partial charge in [-0.2, -0.15) is 5.10 Å². The van der Waals surface area contributed by atoms with E-state index >= 15 is 0 Å². The Labute approximate surface area is 128 Å². The molecule has 1 aromatic heterocycles. The monoisotopic (exact) mass is 291 g/mol. The van der Waals surface area contributed by atoms with E-state index in [2.05, 4.69) is 34.7 Å². The molecule has 0 amide bonds. The van der Waals surface area contributed by atoms with Crippen LogP contribution >= 0.6 is 0 Å². The van der Waals surface area contributed by atoms with E-state index in [1.165, 1.54) is 18.4 Å². The van der Waals surface area contributed by atoms with Gasteiger partial charge in [-0.1, -0.05) is 20.8 Å². The molecule has 1 aliphatic heterocycles. The number of rotatable bonds is 7. The molecule has 0 spiro atoms. The molecule has 2 rings (SSSR count). The van der Waals surface area contributed by atoms with Gasteiger partial charge in [-0.15, -0.1) is 0 Å². The fourth-order valence-corrected chi connectivity index (χ4v) is 2.93. The van der Waals surface area contributed by atoms with Crippen molar-refractivity contribution in [3.63, 3.8) is 0 Å². The van der Waals surface area contributed by atoms with Gasteiger partial charge in [0.1, 0.15) is 5.78 Å². The minimum atomic E-state index is 0.391. The number of ketones is 1. The third-order valence-electron chi connectivity index (χ3n) is 4.54. The minimum absolute atomic E-state index is 0.391. The average molecular weight is 291 g/mol. The first-order chi connectivity index (χ1) is 10.1. The number of carbonyl (C=O) groups excluding carboxylic acids is 1. The van der Waals surface area contributed by atoms with E-state index in [0.29, 0.717) is 24.2 Å². The molecule has 0 bridgehead atoms. The van der Waals surface area contributed by atoms with E-state index in [1.54, 1.807) is 0 Å². The second kappa shape index (κ2) is 7.74. The Bertz CT molecular complexity index is 445. The van der Waals surface area contributed by atoms with Crippen molar-refractivity contribution in [2.45, 2.75) is 64.8 Å². The number of Topliss-reactive ketones (excluding diaryl/α,β-unsaturated/α-hetero) is 1. The first-order valence-corrected chi connectivity index (χ1v) is 8.38. The highest BCUT2D eigenvalue weighted by Crippen LogP contribution is 2.24. The summed E-state index contributed by atoms with van der Waals surface area (Å²) in [4.78, 5) is 13.8. The molecule has 0 saturated carbocycles. The van der Waals surface area contributed by atoms with Crippen molar-refractivity contribution in [2.24, 2.45) is 0 Å². The van der Waals surface area contributed by atoms with Gasteiger partial charge in [-0.25, -0.2) is 0 Å². The third-order valence-corrected chi connectivity index (χ3v) is 4.54. The summed E-state index contributed by atoms with van der Waals surface area (Å²) in [6.45, 7) is 9.69. The number of carbonyl (C=O) groups is 1. The molecule has 0 unspecified atom stereocenters. The Hall–Kier alpha value is -1.16. The standard InChI is InChI=1S/C17H29N3O/c1-4-17(21)6-5-9-19-10-7-16(8-11-19)20-13-15(12-18-20)14(2)3/h12-14,16H,4-11H2,1-3H3. The van der Waals surface area contributed by atoms with Crippen LogP contribution in [0.15, 0.2) is 12.4 Å². The lowest BCUT2D eigenvalue weighted by molar-refractivity contribution is -0.118. The second-order valence-corrected chi connectivity index (χ2v) is 6.48. The molecule has 4 heteroatoms. The van der Waals surface area contributed by atoms with Crippen molar-refractivity contribution in [3.8, 4) is 0 Å². The number of hydrogen-bond acceptors (Lipinski definition) is 3. The Kier molecular flexibility index (Phi) is 5.97. The summed E-state index contributed by atoms with van der Waals surface area (Å²) in [6.07, 6.45) is 8.99. The Balaban J connectivity index is 1.73. The minimum Gasteiger partial charge on any atom is -0.303 e. The third kappa shape index (κ3) is 4.67. The maximum absolute atomic E-state index is 11.3. The summed E-state index contributed by atoms with van der Waals surface area (Å²) < 4.78 is 2.16. The SMILES string of the molecule is CCC(=O)CCCN1CCC(n2cc(C(C)C)cn2)CC1. The van der Waals surface area contributed by atoms with E-state index in [1.807, 2.05) is 13.1 Å². The zero-order valence-corrected chi connectivity index (χ0v) is 13.7. The fourth-order valence-electron chi connectivity index (χ4n) is 2.93. The van der Waals surface area contributed by atoms with Crippen molar-refractivity contribution in [2.75, 3.05) is 19.6 Å². The molecule has 4 nitrogen and oxygen atoms in total. The van der Waals surface area contributed by atoms with Crippen molar-refractivity contribution < 1.29 is 4.79 Å². The molecular weight excluding hydrogens is 262 g/mol. The number of hydrogen-bond donors (Lipinski definition) is 0. The molecule has 118 valence electrons. The van der Waals surface area contributed by atoms with Gasteiger partial charge in [-0.05, 0) is 37.3 Å². The van der Waals surface area contributed by atoms with Crippen molar-refractivity contribution in [1.29, 1.82) is 0 Å². The predicted molar refractivity (Wildman–Crippen MR) is 85.6 cm³/mol. The summed E-state index contributed by atoms with van der Waals surface area (Å²) in [5, 5.41) is 4.54. The summed E-state index contributed by atoms with van der Waals surface area (Å²) in [7, 11) is 0. The lowest BCUT2D eigenvalue weighted by Crippen LogP contribution is -2.35. The van der Waals surface area contributed by atoms with Crippen LogP contribution in [0, 0.1) is 0 Å². The van der Waals surface area contributed by atoms with Gasteiger partial charge in [0.2, 0.25) is 0 Å². The van der Waals surface area contributed by atoms with Crippen LogP contribution < -0.4 is 0 Å². The van der Waals surface area contributed by atoms with E-state index in [9.17, 15) is 4.79 Å². The Morgan fingerprint density at radius 2 is 2.10 bits per heavy atom. The Morgan fingerprint density at radius 1 is 1.38 bits per heavy atom. The molecule has 0 aromatic carbocycles. The first kappa shape index (κ1) is 16.2. The van der Waals surface area contributed by atoms with E-state index in [0.717, 1.165) is 32.5 Å². The molecule has 1 fully saturated rings. The molecule has 1 saturated heterocycles. The summed E-state index contributed by atoms with van der Waals surface area (Å²) in [5.41, 5.74) is 1.33. The van der Waals surface area contributed by atoms with Crippen LogP contribution in [-0.4, -0.2) is 40.1 Å². The number of piperidine rings is 1. The van der Waals surface area contributed by atoms with Gasteiger partial charge in [0, 0.05) is 32.1 Å². The zero-order chi connectivity index (χ0) is 15.2. The maximum Gasteiger partial charge on any atom is 0.132 e. The highest BCUT2D eigenvalue weighted by Gasteiger charge is 2.21. The Morgan fingerprint density at radius 3 is 2.67 bits per heavy atom. The van der Waals surface area contributed by atoms with E-state index in [4.69, 9.17) is 0 Å². The van der Waals surface area contributed by atoms with Crippen LogP contribution in [0.3, 0.4) is 0 Å². The molecule has 0 N–H and O–H groups in total. The van der Waals surface area contributed by atoms with Crippen LogP contribution in [0.1, 0.15) is 70.4 Å².